The summed E-state index contributed by atoms with van der Waals surface area (Å²) in [5.41, 5.74) is 2.41. The first kappa shape index (κ1) is 14.0. The molecule has 1 aliphatic heterocycles. The van der Waals surface area contributed by atoms with Crippen LogP contribution < -0.4 is 10.2 Å². The van der Waals surface area contributed by atoms with Gasteiger partial charge in [0.1, 0.15) is 18.1 Å². The van der Waals surface area contributed by atoms with Gasteiger partial charge in [0.2, 0.25) is 0 Å². The first-order chi connectivity index (χ1) is 10.4. The predicted molar refractivity (Wildman–Crippen MR) is 84.5 cm³/mol. The average Bonchev–Trinajstić information content (AvgIpc) is 3.02. The van der Waals surface area contributed by atoms with E-state index in [2.05, 4.69) is 34.5 Å². The molecule has 2 aromatic rings. The summed E-state index contributed by atoms with van der Waals surface area (Å²) >= 11 is 0. The first-order valence-corrected chi connectivity index (χ1v) is 7.63. The van der Waals surface area contributed by atoms with E-state index in [-0.39, 0.29) is 6.61 Å². The van der Waals surface area contributed by atoms with Crippen LogP contribution in [-0.4, -0.2) is 18.2 Å². The summed E-state index contributed by atoms with van der Waals surface area (Å²) in [4.78, 5) is 2.45. The van der Waals surface area contributed by atoms with Crippen molar-refractivity contribution in [3.05, 3.63) is 47.9 Å². The molecule has 0 bridgehead atoms. The van der Waals surface area contributed by atoms with Crippen molar-refractivity contribution >= 4 is 11.4 Å². The van der Waals surface area contributed by atoms with Gasteiger partial charge in [0.25, 0.3) is 0 Å². The van der Waals surface area contributed by atoms with E-state index >= 15 is 0 Å². The normalized spacial score (nSPS) is 15.2. The highest BCUT2D eigenvalue weighted by Crippen LogP contribution is 2.28. The summed E-state index contributed by atoms with van der Waals surface area (Å²) in [7, 11) is 0. The third-order valence-electron chi connectivity index (χ3n) is 3.93. The fourth-order valence-electron chi connectivity index (χ4n) is 2.82. The Morgan fingerprint density at radius 2 is 1.76 bits per heavy atom. The molecular formula is C17H22N2O2. The van der Waals surface area contributed by atoms with E-state index in [1.807, 2.05) is 12.1 Å². The van der Waals surface area contributed by atoms with Crippen LogP contribution in [0, 0.1) is 0 Å². The minimum Gasteiger partial charge on any atom is -0.462 e. The molecule has 3 rings (SSSR count). The Balaban J connectivity index is 1.69. The zero-order valence-corrected chi connectivity index (χ0v) is 12.2. The zero-order chi connectivity index (χ0) is 14.5. The smallest absolute Gasteiger partial charge is 0.129 e. The monoisotopic (exact) mass is 286 g/mol. The van der Waals surface area contributed by atoms with Crippen molar-refractivity contribution in [1.29, 1.82) is 0 Å². The summed E-state index contributed by atoms with van der Waals surface area (Å²) in [6, 6.07) is 12.1. The van der Waals surface area contributed by atoms with Crippen molar-refractivity contribution in [2.24, 2.45) is 0 Å². The van der Waals surface area contributed by atoms with Crippen molar-refractivity contribution < 1.29 is 9.52 Å². The minimum absolute atomic E-state index is 0.0512. The summed E-state index contributed by atoms with van der Waals surface area (Å²) in [5, 5.41) is 12.5. The van der Waals surface area contributed by atoms with E-state index in [1.165, 1.54) is 24.9 Å². The van der Waals surface area contributed by atoms with Gasteiger partial charge in [0, 0.05) is 13.1 Å². The number of rotatable bonds is 5. The molecule has 1 fully saturated rings. The largest absolute Gasteiger partial charge is 0.462 e. The molecule has 0 atom stereocenters. The van der Waals surface area contributed by atoms with Gasteiger partial charge in [0.05, 0.1) is 17.9 Å². The Hall–Kier alpha value is -1.94. The number of nitrogens with one attached hydrogen (secondary N) is 1. The van der Waals surface area contributed by atoms with Gasteiger partial charge in [-0.1, -0.05) is 12.1 Å². The van der Waals surface area contributed by atoms with Crippen LogP contribution in [0.15, 0.2) is 40.8 Å². The topological polar surface area (TPSA) is 48.6 Å². The molecule has 1 aromatic heterocycles. The number of benzene rings is 1. The Morgan fingerprint density at radius 1 is 1.00 bits per heavy atom. The van der Waals surface area contributed by atoms with Crippen LogP contribution in [-0.2, 0) is 13.2 Å². The number of aliphatic hydroxyl groups excluding tert-OH is 1. The van der Waals surface area contributed by atoms with Crippen molar-refractivity contribution in [1.82, 2.24) is 0 Å². The maximum atomic E-state index is 9.03. The lowest BCUT2D eigenvalue weighted by Crippen LogP contribution is -2.30. The lowest BCUT2D eigenvalue weighted by molar-refractivity contribution is 0.244. The van der Waals surface area contributed by atoms with E-state index < -0.39 is 0 Å². The molecule has 112 valence electrons. The van der Waals surface area contributed by atoms with Crippen LogP contribution in [0.5, 0.6) is 0 Å². The van der Waals surface area contributed by atoms with Crippen molar-refractivity contribution in [2.45, 2.75) is 32.4 Å². The molecule has 2 heterocycles. The second kappa shape index (κ2) is 6.68. The van der Waals surface area contributed by atoms with Crippen molar-refractivity contribution in [2.75, 3.05) is 23.3 Å². The van der Waals surface area contributed by atoms with Crippen LogP contribution in [0.3, 0.4) is 0 Å². The number of aliphatic hydroxyl groups is 1. The lowest BCUT2D eigenvalue weighted by Gasteiger charge is -2.30. The van der Waals surface area contributed by atoms with Gasteiger partial charge < -0.3 is 19.7 Å². The Bertz CT molecular complexity index is 574. The summed E-state index contributed by atoms with van der Waals surface area (Å²) in [5.74, 6) is 1.45. The number of para-hydroxylation sites is 2. The molecule has 2 N–H and O–H groups in total. The zero-order valence-electron chi connectivity index (χ0n) is 12.2. The minimum atomic E-state index is -0.0512. The molecule has 4 heteroatoms. The lowest BCUT2D eigenvalue weighted by atomic mass is 10.1. The number of hydrogen-bond acceptors (Lipinski definition) is 4. The molecule has 0 radical (unpaired) electrons. The number of piperidine rings is 1. The van der Waals surface area contributed by atoms with E-state index in [9.17, 15) is 0 Å². The maximum absolute atomic E-state index is 9.03. The summed E-state index contributed by atoms with van der Waals surface area (Å²) in [6.45, 7) is 2.84. The number of furan rings is 1. The Kier molecular flexibility index (Phi) is 4.46. The molecule has 1 saturated heterocycles. The van der Waals surface area contributed by atoms with Crippen LogP contribution in [0.4, 0.5) is 11.4 Å². The number of anilines is 2. The fourth-order valence-corrected chi connectivity index (χ4v) is 2.82. The van der Waals surface area contributed by atoms with Gasteiger partial charge in [-0.2, -0.15) is 0 Å². The van der Waals surface area contributed by atoms with Gasteiger partial charge in [0.15, 0.2) is 0 Å². The number of hydrogen-bond donors (Lipinski definition) is 2. The van der Waals surface area contributed by atoms with Gasteiger partial charge in [-0.3, -0.25) is 0 Å². The highest BCUT2D eigenvalue weighted by molar-refractivity contribution is 5.70. The van der Waals surface area contributed by atoms with Crippen LogP contribution in [0.2, 0.25) is 0 Å². The Labute approximate surface area is 125 Å². The molecule has 1 aromatic carbocycles. The van der Waals surface area contributed by atoms with E-state index in [4.69, 9.17) is 9.52 Å². The molecule has 4 nitrogen and oxygen atoms in total. The average molecular weight is 286 g/mol. The molecule has 0 amide bonds. The highest BCUT2D eigenvalue weighted by atomic mass is 16.4. The van der Waals surface area contributed by atoms with E-state index in [0.29, 0.717) is 12.3 Å². The van der Waals surface area contributed by atoms with Crippen LogP contribution in [0.25, 0.3) is 0 Å². The predicted octanol–water partition coefficient (Wildman–Crippen LogP) is 3.37. The molecule has 21 heavy (non-hydrogen) atoms. The molecular weight excluding hydrogens is 264 g/mol. The second-order valence-corrected chi connectivity index (χ2v) is 5.44. The molecule has 0 spiro atoms. The van der Waals surface area contributed by atoms with Crippen LogP contribution >= 0.6 is 0 Å². The van der Waals surface area contributed by atoms with E-state index in [1.54, 1.807) is 0 Å². The van der Waals surface area contributed by atoms with Crippen molar-refractivity contribution in [3.8, 4) is 0 Å². The van der Waals surface area contributed by atoms with Gasteiger partial charge in [-0.25, -0.2) is 0 Å². The van der Waals surface area contributed by atoms with Crippen molar-refractivity contribution in [3.63, 3.8) is 0 Å². The molecule has 0 saturated carbocycles. The molecule has 1 aliphatic rings. The number of nitrogens with zero attached hydrogens (tertiary/aromatic N) is 1. The highest BCUT2D eigenvalue weighted by Gasteiger charge is 2.14. The molecule has 0 unspecified atom stereocenters. The first-order valence-electron chi connectivity index (χ1n) is 7.63. The maximum Gasteiger partial charge on any atom is 0.129 e. The summed E-state index contributed by atoms with van der Waals surface area (Å²) in [6.07, 6.45) is 3.88. The standard InChI is InChI=1S/C17H22N2O2/c20-13-15-9-8-14(21-15)12-18-16-6-2-3-7-17(16)19-10-4-1-5-11-19/h2-3,6-9,18,20H,1,4-5,10-13H2. The van der Waals surface area contributed by atoms with E-state index in [0.717, 1.165) is 24.5 Å². The third kappa shape index (κ3) is 3.39. The fraction of sp³-hybridized carbons (Fsp3) is 0.412. The third-order valence-corrected chi connectivity index (χ3v) is 3.93. The quantitative estimate of drug-likeness (QED) is 0.884. The SMILES string of the molecule is OCc1ccc(CNc2ccccc2N2CCCCC2)o1. The Morgan fingerprint density at radius 3 is 2.52 bits per heavy atom. The van der Waals surface area contributed by atoms with Gasteiger partial charge in [-0.05, 0) is 43.5 Å². The molecule has 0 aliphatic carbocycles. The van der Waals surface area contributed by atoms with Crippen LogP contribution in [0.1, 0.15) is 30.8 Å². The van der Waals surface area contributed by atoms with Gasteiger partial charge in [-0.15, -0.1) is 0 Å². The summed E-state index contributed by atoms with van der Waals surface area (Å²) < 4.78 is 5.51. The second-order valence-electron chi connectivity index (χ2n) is 5.44. The van der Waals surface area contributed by atoms with Gasteiger partial charge >= 0.3 is 0 Å².